The van der Waals surface area contributed by atoms with Gasteiger partial charge in [-0.1, -0.05) is 70.6 Å². The molecule has 0 rings (SSSR count). The zero-order valence-corrected chi connectivity index (χ0v) is 15.4. The molecule has 0 heterocycles. The van der Waals surface area contributed by atoms with Crippen molar-refractivity contribution in [2.45, 2.75) is 96.3 Å². The summed E-state index contributed by atoms with van der Waals surface area (Å²) in [6.07, 6.45) is 13.7. The van der Waals surface area contributed by atoms with Gasteiger partial charge in [0.15, 0.2) is 0 Å². The highest BCUT2D eigenvalue weighted by Crippen LogP contribution is 2.13. The predicted molar refractivity (Wildman–Crippen MR) is 93.4 cm³/mol. The Kier molecular flexibility index (Phi) is 13.8. The predicted octanol–water partition coefficient (Wildman–Crippen LogP) is 4.34. The molecule has 0 radical (unpaired) electrons. The van der Waals surface area contributed by atoms with Gasteiger partial charge in [-0.25, -0.2) is 0 Å². The van der Waals surface area contributed by atoms with Crippen molar-refractivity contribution >= 4 is 21.2 Å². The molecule has 0 aliphatic carbocycles. The molecular weight excluding hydrogens is 332 g/mol. The highest BCUT2D eigenvalue weighted by Gasteiger charge is 2.16. The maximum Gasteiger partial charge on any atom is 0.328 e. The van der Waals surface area contributed by atoms with Gasteiger partial charge in [-0.05, 0) is 12.8 Å². The number of aliphatic carboxylic acids is 1. The lowest BCUT2D eigenvalue weighted by Crippen LogP contribution is -2.12. The van der Waals surface area contributed by atoms with Gasteiger partial charge in [-0.3, -0.25) is 14.1 Å². The highest BCUT2D eigenvalue weighted by molar-refractivity contribution is 8.01. The monoisotopic (exact) mass is 364 g/mol. The van der Waals surface area contributed by atoms with Crippen LogP contribution in [0.4, 0.5) is 0 Å². The van der Waals surface area contributed by atoms with Crippen LogP contribution < -0.4 is 0 Å². The third-order valence-electron chi connectivity index (χ3n) is 4.06. The van der Waals surface area contributed by atoms with E-state index in [1.165, 1.54) is 32.1 Å². The van der Waals surface area contributed by atoms with Crippen molar-refractivity contribution in [1.29, 1.82) is 0 Å². The summed E-state index contributed by atoms with van der Waals surface area (Å²) in [5.41, 5.74) is 0. The van der Waals surface area contributed by atoms with Crippen molar-refractivity contribution in [1.82, 2.24) is 0 Å². The molecule has 0 saturated heterocycles. The van der Waals surface area contributed by atoms with Gasteiger partial charge in [0, 0.05) is 12.8 Å². The fourth-order valence-corrected chi connectivity index (χ4v) is 3.02. The Hall–Kier alpha value is -0.950. The van der Waals surface area contributed by atoms with E-state index in [1.807, 2.05) is 0 Å². The van der Waals surface area contributed by atoms with Crippen LogP contribution in [0.5, 0.6) is 0 Å². The lowest BCUT2D eigenvalue weighted by Gasteiger charge is -2.03. The first-order valence-electron chi connectivity index (χ1n) is 9.06. The van der Waals surface area contributed by atoms with E-state index in [1.54, 1.807) is 0 Å². The Labute approximate surface area is 145 Å². The fourth-order valence-electron chi connectivity index (χ4n) is 2.62. The Balaban J connectivity index is 3.18. The summed E-state index contributed by atoms with van der Waals surface area (Å²) >= 11 is 0. The van der Waals surface area contributed by atoms with Gasteiger partial charge in [-0.15, -0.1) is 0 Å². The number of unbranched alkanes of at least 4 members (excludes halogenated alkanes) is 12. The van der Waals surface area contributed by atoms with E-state index in [0.717, 1.165) is 44.9 Å². The first kappa shape index (κ1) is 23.1. The fraction of sp³-hybridized carbons (Fsp3) is 0.882. The zero-order chi connectivity index (χ0) is 18.3. The van der Waals surface area contributed by atoms with Crippen LogP contribution in [0.1, 0.15) is 96.3 Å². The summed E-state index contributed by atoms with van der Waals surface area (Å²) in [5.74, 6) is -0.708. The van der Waals surface area contributed by atoms with Gasteiger partial charge in [-0.2, -0.15) is 8.42 Å². The van der Waals surface area contributed by atoms with Crippen molar-refractivity contribution in [3.05, 3.63) is 0 Å². The molecule has 0 aliphatic heterocycles. The second kappa shape index (κ2) is 14.4. The van der Waals surface area contributed by atoms with E-state index in [0.29, 0.717) is 6.42 Å². The minimum absolute atomic E-state index is 0.0920. The average Bonchev–Trinajstić information content (AvgIpc) is 2.49. The second-order valence-electron chi connectivity index (χ2n) is 6.34. The van der Waals surface area contributed by atoms with E-state index in [9.17, 15) is 18.0 Å². The van der Waals surface area contributed by atoms with Crippen molar-refractivity contribution in [2.24, 2.45) is 0 Å². The molecule has 142 valence electrons. The maximum atomic E-state index is 10.9. The third kappa shape index (κ3) is 15.9. The van der Waals surface area contributed by atoms with Crippen LogP contribution in [0.15, 0.2) is 0 Å². The number of hydrogen-bond acceptors (Lipinski definition) is 4. The van der Waals surface area contributed by atoms with Crippen LogP contribution >= 0.6 is 0 Å². The lowest BCUT2D eigenvalue weighted by atomic mass is 10.0. The number of rotatable bonds is 16. The molecule has 0 saturated carbocycles. The van der Waals surface area contributed by atoms with Crippen LogP contribution in [-0.4, -0.2) is 29.2 Å². The Morgan fingerprint density at radius 3 is 1.17 bits per heavy atom. The summed E-state index contributed by atoms with van der Waals surface area (Å²) in [6, 6.07) is 0. The van der Waals surface area contributed by atoms with E-state index < -0.39 is 21.2 Å². The molecule has 0 aromatic carbocycles. The van der Waals surface area contributed by atoms with Crippen LogP contribution in [0.3, 0.4) is 0 Å². The molecule has 0 aromatic rings. The van der Waals surface area contributed by atoms with Gasteiger partial charge < -0.3 is 5.11 Å². The standard InChI is InChI=1S/C17H32O6S/c18-16(19)14-12-10-8-6-4-2-1-3-5-7-9-11-13-15-17(20)24(21,22)23/h1-15H2,(H,18,19)(H,21,22,23). The van der Waals surface area contributed by atoms with Gasteiger partial charge in [0.25, 0.3) is 5.12 Å². The normalized spacial score (nSPS) is 11.5. The first-order chi connectivity index (χ1) is 11.3. The Bertz CT molecular complexity index is 444. The Morgan fingerprint density at radius 1 is 0.583 bits per heavy atom. The number of carboxylic acid groups (broad SMARTS) is 1. The smallest absolute Gasteiger partial charge is 0.328 e. The third-order valence-corrected chi connectivity index (χ3v) is 4.84. The molecule has 0 amide bonds. The summed E-state index contributed by atoms with van der Waals surface area (Å²) in [6.45, 7) is 0. The number of carbonyl (C=O) groups excluding carboxylic acids is 1. The molecule has 7 heteroatoms. The molecule has 0 fully saturated rings. The molecule has 0 aromatic heterocycles. The van der Waals surface area contributed by atoms with Crippen LogP contribution in [0.2, 0.25) is 0 Å². The molecule has 0 atom stereocenters. The van der Waals surface area contributed by atoms with Gasteiger partial charge in [0.1, 0.15) is 0 Å². The molecule has 0 bridgehead atoms. The molecule has 0 unspecified atom stereocenters. The Morgan fingerprint density at radius 2 is 0.875 bits per heavy atom. The first-order valence-corrected chi connectivity index (χ1v) is 10.5. The molecule has 24 heavy (non-hydrogen) atoms. The molecular formula is C17H32O6S. The van der Waals surface area contributed by atoms with Gasteiger partial charge in [0.05, 0.1) is 0 Å². The van der Waals surface area contributed by atoms with E-state index in [4.69, 9.17) is 9.66 Å². The molecule has 6 nitrogen and oxygen atoms in total. The zero-order valence-electron chi connectivity index (χ0n) is 14.5. The minimum atomic E-state index is -4.49. The van der Waals surface area contributed by atoms with Gasteiger partial charge >= 0.3 is 16.1 Å². The van der Waals surface area contributed by atoms with E-state index in [2.05, 4.69) is 0 Å². The summed E-state index contributed by atoms with van der Waals surface area (Å²) in [7, 11) is -4.49. The minimum Gasteiger partial charge on any atom is -0.481 e. The largest absolute Gasteiger partial charge is 0.481 e. The van der Waals surface area contributed by atoms with Crippen molar-refractivity contribution in [3.8, 4) is 0 Å². The average molecular weight is 365 g/mol. The summed E-state index contributed by atoms with van der Waals surface area (Å²) < 4.78 is 29.5. The van der Waals surface area contributed by atoms with Crippen molar-refractivity contribution < 1.29 is 27.7 Å². The van der Waals surface area contributed by atoms with E-state index >= 15 is 0 Å². The molecule has 0 spiro atoms. The second-order valence-corrected chi connectivity index (χ2v) is 7.74. The highest BCUT2D eigenvalue weighted by atomic mass is 32.2. The van der Waals surface area contributed by atoms with Crippen LogP contribution in [0.25, 0.3) is 0 Å². The quantitative estimate of drug-likeness (QED) is 0.311. The number of carbonyl (C=O) groups is 2. The maximum absolute atomic E-state index is 10.9. The SMILES string of the molecule is O=C(O)CCCCCCCCCCCCCCCC(=O)S(=O)(=O)O. The number of carboxylic acids is 1. The molecule has 2 N–H and O–H groups in total. The molecule has 0 aliphatic rings. The summed E-state index contributed by atoms with van der Waals surface area (Å²) in [5, 5.41) is 7.43. The van der Waals surface area contributed by atoms with Gasteiger partial charge in [0.2, 0.25) is 0 Å². The number of hydrogen-bond donors (Lipinski definition) is 2. The van der Waals surface area contributed by atoms with Crippen molar-refractivity contribution in [3.63, 3.8) is 0 Å². The summed E-state index contributed by atoms with van der Waals surface area (Å²) in [4.78, 5) is 21.3. The topological polar surface area (TPSA) is 109 Å². The van der Waals surface area contributed by atoms with Crippen LogP contribution in [-0.2, 0) is 19.7 Å². The van der Waals surface area contributed by atoms with E-state index in [-0.39, 0.29) is 12.8 Å². The van der Waals surface area contributed by atoms with Crippen molar-refractivity contribution in [2.75, 3.05) is 0 Å². The lowest BCUT2D eigenvalue weighted by molar-refractivity contribution is -0.137. The van der Waals surface area contributed by atoms with Crippen LogP contribution in [0, 0.1) is 0 Å².